The van der Waals surface area contributed by atoms with Crippen LogP contribution in [0.5, 0.6) is 5.75 Å². The van der Waals surface area contributed by atoms with Gasteiger partial charge < -0.3 is 19.9 Å². The number of carbonyl (C=O) groups is 4. The van der Waals surface area contributed by atoms with E-state index in [1.165, 1.54) is 7.11 Å². The van der Waals surface area contributed by atoms with Gasteiger partial charge in [0, 0.05) is 25.7 Å². The maximum Gasteiger partial charge on any atom is 0.328 e. The van der Waals surface area contributed by atoms with E-state index in [0.717, 1.165) is 11.3 Å². The first kappa shape index (κ1) is 24.3. The van der Waals surface area contributed by atoms with Crippen molar-refractivity contribution in [3.63, 3.8) is 0 Å². The molecule has 29 heavy (non-hydrogen) atoms. The zero-order chi connectivity index (χ0) is 21.6. The Hall–Kier alpha value is -2.74. The third kappa shape index (κ3) is 9.84. The van der Waals surface area contributed by atoms with Gasteiger partial charge in [-0.3, -0.25) is 14.4 Å². The van der Waals surface area contributed by atoms with Crippen molar-refractivity contribution in [3.05, 3.63) is 29.8 Å². The Balaban J connectivity index is 2.32. The Kier molecular flexibility index (Phi) is 11.3. The van der Waals surface area contributed by atoms with Crippen LogP contribution < -0.4 is 10.1 Å². The van der Waals surface area contributed by atoms with E-state index in [-0.39, 0.29) is 31.0 Å². The SMILES string of the molecule is COC(=O)[C@H](CCC(=O)CO)NC(=O)CCCCC(=O)Cc1ccc(OC)cc1. The van der Waals surface area contributed by atoms with Crippen LogP contribution in [0.2, 0.25) is 0 Å². The smallest absolute Gasteiger partial charge is 0.328 e. The van der Waals surface area contributed by atoms with E-state index in [4.69, 9.17) is 9.84 Å². The van der Waals surface area contributed by atoms with Crippen LogP contribution in [0.3, 0.4) is 0 Å². The first-order valence-corrected chi connectivity index (χ1v) is 9.54. The molecule has 0 fully saturated rings. The van der Waals surface area contributed by atoms with Crippen LogP contribution >= 0.6 is 0 Å². The number of ether oxygens (including phenoxy) is 2. The summed E-state index contributed by atoms with van der Waals surface area (Å²) in [6.07, 6.45) is 1.97. The molecule has 8 heteroatoms. The summed E-state index contributed by atoms with van der Waals surface area (Å²) >= 11 is 0. The fraction of sp³-hybridized carbons (Fsp3) is 0.524. The van der Waals surface area contributed by atoms with Crippen molar-refractivity contribution in [2.45, 2.75) is 51.0 Å². The topological polar surface area (TPSA) is 119 Å². The van der Waals surface area contributed by atoms with Crippen LogP contribution in [0, 0.1) is 0 Å². The molecule has 1 amide bonds. The van der Waals surface area contributed by atoms with Gasteiger partial charge in [0.1, 0.15) is 24.2 Å². The highest BCUT2D eigenvalue weighted by Gasteiger charge is 2.22. The molecule has 0 heterocycles. The Bertz CT molecular complexity index is 685. The largest absolute Gasteiger partial charge is 0.497 e. The standard InChI is InChI=1S/C21H29NO7/c1-28-18-10-7-15(8-11-18)13-16(24)5-3-4-6-20(26)22-19(21(27)29-2)12-9-17(25)14-23/h7-8,10-11,19,23H,3-6,9,12-14H2,1-2H3,(H,22,26)/t19-/m0/s1. The van der Waals surface area contributed by atoms with Crippen molar-refractivity contribution in [2.24, 2.45) is 0 Å². The summed E-state index contributed by atoms with van der Waals surface area (Å²) in [6.45, 7) is -0.605. The second kappa shape index (κ2) is 13.4. The van der Waals surface area contributed by atoms with Crippen molar-refractivity contribution >= 4 is 23.4 Å². The van der Waals surface area contributed by atoms with Crippen LogP contribution in [-0.4, -0.2) is 55.4 Å². The van der Waals surface area contributed by atoms with Crippen LogP contribution in [0.15, 0.2) is 24.3 Å². The Morgan fingerprint density at radius 1 is 0.966 bits per heavy atom. The molecular weight excluding hydrogens is 378 g/mol. The first-order valence-electron chi connectivity index (χ1n) is 9.54. The minimum absolute atomic E-state index is 0.0313. The molecular formula is C21H29NO7. The van der Waals surface area contributed by atoms with E-state index < -0.39 is 24.4 Å². The molecule has 2 N–H and O–H groups in total. The lowest BCUT2D eigenvalue weighted by Crippen LogP contribution is -2.41. The second-order valence-corrected chi connectivity index (χ2v) is 6.65. The third-order valence-corrected chi connectivity index (χ3v) is 4.38. The Labute approximate surface area is 170 Å². The third-order valence-electron chi connectivity index (χ3n) is 4.38. The number of esters is 1. The number of ketones is 2. The quantitative estimate of drug-likeness (QED) is 0.353. The zero-order valence-electron chi connectivity index (χ0n) is 16.9. The molecule has 160 valence electrons. The van der Waals surface area contributed by atoms with Gasteiger partial charge in [0.25, 0.3) is 0 Å². The van der Waals surface area contributed by atoms with E-state index in [2.05, 4.69) is 10.1 Å². The maximum absolute atomic E-state index is 12.0. The number of Topliss-reactive ketones (excluding diaryl/α,β-unsaturated/α-hetero) is 2. The monoisotopic (exact) mass is 407 g/mol. The average Bonchev–Trinajstić information content (AvgIpc) is 2.73. The molecule has 8 nitrogen and oxygen atoms in total. The Morgan fingerprint density at radius 3 is 2.21 bits per heavy atom. The fourth-order valence-electron chi connectivity index (χ4n) is 2.71. The van der Waals surface area contributed by atoms with E-state index in [0.29, 0.717) is 25.7 Å². The van der Waals surface area contributed by atoms with Crippen LogP contribution in [0.4, 0.5) is 0 Å². The number of aliphatic hydroxyl groups is 1. The van der Waals surface area contributed by atoms with E-state index >= 15 is 0 Å². The summed E-state index contributed by atoms with van der Waals surface area (Å²) in [7, 11) is 2.78. The minimum atomic E-state index is -0.931. The molecule has 1 rings (SSSR count). The van der Waals surface area contributed by atoms with Gasteiger partial charge in [0.2, 0.25) is 5.91 Å². The van der Waals surface area contributed by atoms with Gasteiger partial charge in [-0.1, -0.05) is 12.1 Å². The lowest BCUT2D eigenvalue weighted by atomic mass is 10.0. The van der Waals surface area contributed by atoms with E-state index in [1.54, 1.807) is 19.2 Å². The Morgan fingerprint density at radius 2 is 1.62 bits per heavy atom. The molecule has 0 saturated heterocycles. The normalized spacial score (nSPS) is 11.4. The van der Waals surface area contributed by atoms with Crippen molar-refractivity contribution in [1.82, 2.24) is 5.32 Å². The molecule has 0 bridgehead atoms. The van der Waals surface area contributed by atoms with E-state index in [1.807, 2.05) is 12.1 Å². The van der Waals surface area contributed by atoms with Gasteiger partial charge >= 0.3 is 5.97 Å². The van der Waals surface area contributed by atoms with E-state index in [9.17, 15) is 19.2 Å². The number of aliphatic hydroxyl groups excluding tert-OH is 1. The summed E-state index contributed by atoms with van der Waals surface area (Å²) in [6, 6.07) is 6.37. The average molecular weight is 407 g/mol. The van der Waals surface area contributed by atoms with Crippen LogP contribution in [-0.2, 0) is 30.3 Å². The van der Waals surface area contributed by atoms with Gasteiger partial charge in [-0.15, -0.1) is 0 Å². The summed E-state index contributed by atoms with van der Waals surface area (Å²) in [5.74, 6) is -0.578. The number of nitrogens with one attached hydrogen (secondary N) is 1. The predicted octanol–water partition coefficient (Wildman–Crippen LogP) is 1.37. The number of benzene rings is 1. The molecule has 0 saturated carbocycles. The molecule has 1 atom stereocenters. The number of carbonyl (C=O) groups excluding carboxylic acids is 4. The van der Waals surface area contributed by atoms with Crippen molar-refractivity contribution in [2.75, 3.05) is 20.8 Å². The first-order chi connectivity index (χ1) is 13.9. The molecule has 0 unspecified atom stereocenters. The molecule has 0 aromatic heterocycles. The highest BCUT2D eigenvalue weighted by molar-refractivity contribution is 5.86. The van der Waals surface area contributed by atoms with Crippen molar-refractivity contribution < 1.29 is 33.8 Å². The van der Waals surface area contributed by atoms with Crippen LogP contribution in [0.1, 0.15) is 44.1 Å². The van der Waals surface area contributed by atoms with Gasteiger partial charge in [0.05, 0.1) is 14.2 Å². The highest BCUT2D eigenvalue weighted by atomic mass is 16.5. The molecule has 0 aliphatic heterocycles. The van der Waals surface area contributed by atoms with Gasteiger partial charge in [0.15, 0.2) is 5.78 Å². The number of amides is 1. The molecule has 0 spiro atoms. The molecule has 1 aromatic rings. The van der Waals surface area contributed by atoms with Crippen molar-refractivity contribution in [1.29, 1.82) is 0 Å². The van der Waals surface area contributed by atoms with Gasteiger partial charge in [-0.05, 0) is 37.0 Å². The number of rotatable bonds is 14. The van der Waals surface area contributed by atoms with Gasteiger partial charge in [-0.25, -0.2) is 4.79 Å². The molecule has 0 radical (unpaired) electrons. The lowest BCUT2D eigenvalue weighted by Gasteiger charge is -2.16. The summed E-state index contributed by atoms with van der Waals surface area (Å²) in [5, 5.41) is 11.3. The number of hydrogen-bond acceptors (Lipinski definition) is 7. The number of hydrogen-bond donors (Lipinski definition) is 2. The molecule has 1 aromatic carbocycles. The molecule has 0 aliphatic carbocycles. The highest BCUT2D eigenvalue weighted by Crippen LogP contribution is 2.13. The van der Waals surface area contributed by atoms with Crippen molar-refractivity contribution in [3.8, 4) is 5.75 Å². The minimum Gasteiger partial charge on any atom is -0.497 e. The summed E-state index contributed by atoms with van der Waals surface area (Å²) in [4.78, 5) is 47.0. The number of unbranched alkanes of at least 4 members (excludes halogenated alkanes) is 1. The fourth-order valence-corrected chi connectivity index (χ4v) is 2.71. The zero-order valence-corrected chi connectivity index (χ0v) is 16.9. The predicted molar refractivity (Wildman–Crippen MR) is 105 cm³/mol. The summed E-state index contributed by atoms with van der Waals surface area (Å²) in [5.41, 5.74) is 0.909. The summed E-state index contributed by atoms with van der Waals surface area (Å²) < 4.78 is 9.71. The van der Waals surface area contributed by atoms with Crippen LogP contribution in [0.25, 0.3) is 0 Å². The lowest BCUT2D eigenvalue weighted by molar-refractivity contribution is -0.145. The van der Waals surface area contributed by atoms with Gasteiger partial charge in [-0.2, -0.15) is 0 Å². The number of methoxy groups -OCH3 is 2. The molecule has 0 aliphatic rings. The maximum atomic E-state index is 12.0. The second-order valence-electron chi connectivity index (χ2n) is 6.65.